The Hall–Kier alpha value is -3.44. The summed E-state index contributed by atoms with van der Waals surface area (Å²) >= 11 is 3.31. The maximum absolute atomic E-state index is 13.2. The number of nitro benzene ring substituents is 1. The van der Waals surface area contributed by atoms with Crippen molar-refractivity contribution in [2.75, 3.05) is 20.7 Å². The molecule has 2 aromatic carbocycles. The van der Waals surface area contributed by atoms with Crippen molar-refractivity contribution >= 4 is 38.6 Å². The molecule has 0 amide bonds. The molecule has 0 radical (unpaired) electrons. The number of halogens is 1. The number of phenolic OH excluding ortho intramolecular Hbond substituents is 1. The molecule has 1 N–H and O–H groups in total. The molecular weight excluding hydrogens is 512 g/mol. The second-order valence-corrected chi connectivity index (χ2v) is 8.84. The highest BCUT2D eigenvalue weighted by Gasteiger charge is 2.39. The molecule has 2 unspecified atom stereocenters. The van der Waals surface area contributed by atoms with E-state index in [1.807, 2.05) is 4.90 Å². The Kier molecular flexibility index (Phi) is 6.32. The minimum atomic E-state index is -0.667. The molecule has 1 aromatic heterocycles. The van der Waals surface area contributed by atoms with E-state index >= 15 is 0 Å². The van der Waals surface area contributed by atoms with E-state index in [4.69, 9.17) is 13.9 Å². The highest BCUT2D eigenvalue weighted by atomic mass is 79.9. The van der Waals surface area contributed by atoms with Crippen molar-refractivity contribution in [3.05, 3.63) is 60.7 Å². The largest absolute Gasteiger partial charge is 0.507 e. The van der Waals surface area contributed by atoms with Gasteiger partial charge >= 0.3 is 5.97 Å². The van der Waals surface area contributed by atoms with Crippen molar-refractivity contribution < 1.29 is 28.7 Å². The average molecular weight is 533 g/mol. The molecule has 1 fully saturated rings. The molecule has 4 rings (SSSR count). The van der Waals surface area contributed by atoms with Crippen LogP contribution < -0.4 is 10.2 Å². The number of carbonyl (C=O) groups is 1. The van der Waals surface area contributed by atoms with Crippen molar-refractivity contribution in [2.45, 2.75) is 25.5 Å². The highest BCUT2D eigenvalue weighted by molar-refractivity contribution is 9.10. The fourth-order valence-electron chi connectivity index (χ4n) is 4.33. The van der Waals surface area contributed by atoms with Crippen LogP contribution in [0.15, 0.2) is 44.0 Å². The molecule has 0 bridgehead atoms. The van der Waals surface area contributed by atoms with Gasteiger partial charge in [0.1, 0.15) is 28.2 Å². The molecule has 1 aliphatic heterocycles. The molecule has 34 heavy (non-hydrogen) atoms. The molecular formula is C23H21BrN2O8. The van der Waals surface area contributed by atoms with E-state index in [1.54, 1.807) is 7.05 Å². The van der Waals surface area contributed by atoms with Crippen LogP contribution in [0.4, 0.5) is 5.69 Å². The third-order valence-electron chi connectivity index (χ3n) is 5.86. The lowest BCUT2D eigenvalue weighted by molar-refractivity contribution is -0.384. The zero-order valence-corrected chi connectivity index (χ0v) is 20.1. The number of methoxy groups -OCH3 is 1. The van der Waals surface area contributed by atoms with Crippen molar-refractivity contribution in [1.82, 2.24) is 4.90 Å². The number of hydrogen-bond acceptors (Lipinski definition) is 9. The summed E-state index contributed by atoms with van der Waals surface area (Å²) in [7, 11) is 3.17. The average Bonchev–Trinajstić information content (AvgIpc) is 3.11. The Morgan fingerprint density at radius 1 is 1.32 bits per heavy atom. The Morgan fingerprint density at radius 2 is 2.06 bits per heavy atom. The number of carbonyl (C=O) groups excluding carboxylic acids is 1. The highest BCUT2D eigenvalue weighted by Crippen LogP contribution is 2.45. The molecule has 3 aromatic rings. The van der Waals surface area contributed by atoms with Crippen LogP contribution in [0.25, 0.3) is 22.3 Å². The lowest BCUT2D eigenvalue weighted by atomic mass is 9.93. The summed E-state index contributed by atoms with van der Waals surface area (Å²) in [4.78, 5) is 37.3. The standard InChI is InChI=1S/C23H21BrN2O8/c1-11(27)33-23-14(6-7-25(23)2)20-16(28)10-19(32-3)21-17(29)9-18(34-22(20)21)13-5-4-12(26(30)31)8-15(13)24/h4-5,8-10,14,23,28H,6-7H2,1-3H3. The lowest BCUT2D eigenvalue weighted by Gasteiger charge is -2.25. The number of fused-ring (bicyclic) bond motifs is 1. The minimum absolute atomic E-state index is 0.0991. The number of benzene rings is 2. The van der Waals surface area contributed by atoms with E-state index in [0.717, 1.165) is 0 Å². The molecule has 0 spiro atoms. The van der Waals surface area contributed by atoms with Gasteiger partial charge in [0.05, 0.1) is 12.0 Å². The monoisotopic (exact) mass is 532 g/mol. The Labute approximate surface area is 202 Å². The van der Waals surface area contributed by atoms with Crippen LogP contribution in [0, 0.1) is 10.1 Å². The number of phenols is 1. The van der Waals surface area contributed by atoms with Crippen LogP contribution in [0.1, 0.15) is 24.8 Å². The summed E-state index contributed by atoms with van der Waals surface area (Å²) in [6.07, 6.45) is -0.126. The Morgan fingerprint density at radius 3 is 2.68 bits per heavy atom. The molecule has 11 heteroatoms. The molecule has 0 aliphatic carbocycles. The number of non-ortho nitro benzene ring substituents is 1. The quantitative estimate of drug-likeness (QED) is 0.292. The summed E-state index contributed by atoms with van der Waals surface area (Å²) < 4.78 is 17.4. The van der Waals surface area contributed by atoms with Crippen LogP contribution in [0.5, 0.6) is 11.5 Å². The number of nitro groups is 1. The van der Waals surface area contributed by atoms with Crippen molar-refractivity contribution in [3.63, 3.8) is 0 Å². The zero-order chi connectivity index (χ0) is 24.7. The van der Waals surface area contributed by atoms with Crippen molar-refractivity contribution in [1.29, 1.82) is 0 Å². The summed E-state index contributed by atoms with van der Waals surface area (Å²) in [5.41, 5.74) is 0.287. The second-order valence-electron chi connectivity index (χ2n) is 7.99. The first-order valence-corrected chi connectivity index (χ1v) is 11.1. The first kappa shape index (κ1) is 23.7. The summed E-state index contributed by atoms with van der Waals surface area (Å²) in [5.74, 6) is -0.831. The van der Waals surface area contributed by atoms with Crippen molar-refractivity contribution in [3.8, 4) is 22.8 Å². The van der Waals surface area contributed by atoms with E-state index in [1.165, 1.54) is 44.4 Å². The van der Waals surface area contributed by atoms with Crippen LogP contribution >= 0.6 is 15.9 Å². The maximum Gasteiger partial charge on any atom is 0.304 e. The van der Waals surface area contributed by atoms with E-state index in [-0.39, 0.29) is 33.9 Å². The predicted molar refractivity (Wildman–Crippen MR) is 126 cm³/mol. The minimum Gasteiger partial charge on any atom is -0.507 e. The summed E-state index contributed by atoms with van der Waals surface area (Å²) in [5, 5.41) is 22.2. The van der Waals surface area contributed by atoms with Gasteiger partial charge in [0.2, 0.25) is 0 Å². The molecule has 178 valence electrons. The number of hydrogen-bond donors (Lipinski definition) is 1. The molecule has 1 aliphatic rings. The van der Waals surface area contributed by atoms with Crippen LogP contribution in [-0.4, -0.2) is 47.8 Å². The van der Waals surface area contributed by atoms with Gasteiger partial charge in [0.15, 0.2) is 11.7 Å². The topological polar surface area (TPSA) is 132 Å². The molecule has 2 heterocycles. The van der Waals surface area contributed by atoms with Gasteiger partial charge < -0.3 is 19.0 Å². The zero-order valence-electron chi connectivity index (χ0n) is 18.5. The van der Waals surface area contributed by atoms with Gasteiger partial charge in [0, 0.05) is 59.3 Å². The molecule has 2 atom stereocenters. The normalized spacial score (nSPS) is 18.2. The number of ether oxygens (including phenoxy) is 2. The number of nitrogens with zero attached hydrogens (tertiary/aromatic N) is 2. The number of rotatable bonds is 5. The summed E-state index contributed by atoms with van der Waals surface area (Å²) in [6.45, 7) is 1.90. The van der Waals surface area contributed by atoms with Gasteiger partial charge in [-0.15, -0.1) is 0 Å². The molecule has 0 saturated carbocycles. The van der Waals surface area contributed by atoms with Crippen LogP contribution in [0.3, 0.4) is 0 Å². The summed E-state index contributed by atoms with van der Waals surface area (Å²) in [6, 6.07) is 6.70. The molecule has 10 nitrogen and oxygen atoms in total. The van der Waals surface area contributed by atoms with Crippen LogP contribution in [-0.2, 0) is 9.53 Å². The van der Waals surface area contributed by atoms with Gasteiger partial charge in [0.25, 0.3) is 5.69 Å². The van der Waals surface area contributed by atoms with E-state index in [9.17, 15) is 24.8 Å². The Bertz CT molecular complexity index is 1370. The van der Waals surface area contributed by atoms with E-state index in [2.05, 4.69) is 15.9 Å². The lowest BCUT2D eigenvalue weighted by Crippen LogP contribution is -2.33. The first-order valence-electron chi connectivity index (χ1n) is 10.3. The van der Waals surface area contributed by atoms with Gasteiger partial charge in [-0.25, -0.2) is 0 Å². The van der Waals surface area contributed by atoms with Gasteiger partial charge in [-0.3, -0.25) is 24.6 Å². The Balaban J connectivity index is 1.98. The fourth-order valence-corrected chi connectivity index (χ4v) is 4.89. The third-order valence-corrected chi connectivity index (χ3v) is 6.52. The number of esters is 1. The van der Waals surface area contributed by atoms with Gasteiger partial charge in [-0.2, -0.15) is 0 Å². The van der Waals surface area contributed by atoms with E-state index < -0.39 is 28.5 Å². The van der Waals surface area contributed by atoms with Crippen molar-refractivity contribution in [2.24, 2.45) is 0 Å². The number of likely N-dealkylation sites (N-methyl/N-ethyl adjacent to an activating group) is 1. The second kappa shape index (κ2) is 9.07. The van der Waals surface area contributed by atoms with E-state index in [0.29, 0.717) is 28.6 Å². The first-order chi connectivity index (χ1) is 16.1. The predicted octanol–water partition coefficient (Wildman–Crippen LogP) is 4.15. The third kappa shape index (κ3) is 4.12. The number of likely N-dealkylation sites (tertiary alicyclic amines) is 1. The van der Waals surface area contributed by atoms with Gasteiger partial charge in [-0.1, -0.05) is 0 Å². The van der Waals surface area contributed by atoms with Crippen LogP contribution in [0.2, 0.25) is 0 Å². The number of aromatic hydroxyl groups is 1. The maximum atomic E-state index is 13.2. The fraction of sp³-hybridized carbons (Fsp3) is 0.304. The smallest absolute Gasteiger partial charge is 0.304 e. The SMILES string of the molecule is COc1cc(O)c(C2CCN(C)C2OC(C)=O)c2oc(-c3ccc([N+](=O)[O-])cc3Br)cc(=O)c12. The molecule has 1 saturated heterocycles. The van der Waals surface area contributed by atoms with Gasteiger partial charge in [-0.05, 0) is 35.5 Å².